The number of aryl methyl sites for hydroxylation is 2. The van der Waals surface area contributed by atoms with Crippen molar-refractivity contribution in [2.24, 2.45) is 0 Å². The van der Waals surface area contributed by atoms with Gasteiger partial charge in [0.25, 0.3) is 5.91 Å². The van der Waals surface area contributed by atoms with Crippen molar-refractivity contribution in [2.75, 3.05) is 5.32 Å². The monoisotopic (exact) mass is 312 g/mol. The lowest BCUT2D eigenvalue weighted by molar-refractivity contribution is 0.102. The summed E-state index contributed by atoms with van der Waals surface area (Å²) in [6, 6.07) is 8.51. The number of nitrogens with zero attached hydrogens (tertiary/aromatic N) is 1. The Morgan fingerprint density at radius 2 is 1.74 bits per heavy atom. The lowest BCUT2D eigenvalue weighted by atomic mass is 9.98. The molecular formula is C20H28N2O. The van der Waals surface area contributed by atoms with Crippen LogP contribution >= 0.6 is 0 Å². The summed E-state index contributed by atoms with van der Waals surface area (Å²) in [7, 11) is 0. The van der Waals surface area contributed by atoms with Gasteiger partial charge in [-0.15, -0.1) is 0 Å². The van der Waals surface area contributed by atoms with Gasteiger partial charge in [0.2, 0.25) is 0 Å². The van der Waals surface area contributed by atoms with Gasteiger partial charge < -0.3 is 9.88 Å². The second kappa shape index (κ2) is 6.61. The van der Waals surface area contributed by atoms with E-state index in [2.05, 4.69) is 50.6 Å². The van der Waals surface area contributed by atoms with E-state index in [9.17, 15) is 4.79 Å². The van der Waals surface area contributed by atoms with Crippen LogP contribution in [0.2, 0.25) is 0 Å². The first kappa shape index (κ1) is 17.3. The average Bonchev–Trinajstić information content (AvgIpc) is 2.75. The maximum Gasteiger partial charge on any atom is 0.257 e. The molecule has 124 valence electrons. The van der Waals surface area contributed by atoms with Gasteiger partial charge in [-0.1, -0.05) is 32.0 Å². The van der Waals surface area contributed by atoms with Gasteiger partial charge in [0.1, 0.15) is 0 Å². The predicted molar refractivity (Wildman–Crippen MR) is 97.5 cm³/mol. The van der Waals surface area contributed by atoms with Gasteiger partial charge in [0.15, 0.2) is 0 Å². The van der Waals surface area contributed by atoms with Gasteiger partial charge in [0, 0.05) is 23.1 Å². The molecule has 0 radical (unpaired) electrons. The minimum absolute atomic E-state index is 0.0267. The smallest absolute Gasteiger partial charge is 0.257 e. The standard InChI is InChI=1S/C20H28N2O/c1-12(2)17-10-8-9-14(5)19(17)21-20(23)18-11-15(6)22(13(3)4)16(18)7/h8-13H,1-7H3,(H,21,23). The van der Waals surface area contributed by atoms with Crippen molar-refractivity contribution < 1.29 is 4.79 Å². The molecule has 1 aromatic heterocycles. The number of carbonyl (C=O) groups excluding carboxylic acids is 1. The van der Waals surface area contributed by atoms with Crippen molar-refractivity contribution in [1.29, 1.82) is 0 Å². The molecule has 1 N–H and O–H groups in total. The fourth-order valence-corrected chi connectivity index (χ4v) is 3.32. The molecule has 0 aliphatic carbocycles. The number of aromatic nitrogens is 1. The number of para-hydroxylation sites is 1. The van der Waals surface area contributed by atoms with Gasteiger partial charge in [-0.05, 0) is 57.7 Å². The van der Waals surface area contributed by atoms with Crippen LogP contribution in [0.5, 0.6) is 0 Å². The molecule has 1 heterocycles. The number of rotatable bonds is 4. The Kier molecular flexibility index (Phi) is 4.98. The van der Waals surface area contributed by atoms with Gasteiger partial charge >= 0.3 is 0 Å². The number of hydrogen-bond donors (Lipinski definition) is 1. The second-order valence-electron chi connectivity index (χ2n) is 6.90. The minimum atomic E-state index is -0.0267. The highest BCUT2D eigenvalue weighted by Crippen LogP contribution is 2.29. The van der Waals surface area contributed by atoms with E-state index in [1.54, 1.807) is 0 Å². The summed E-state index contributed by atoms with van der Waals surface area (Å²) in [5, 5.41) is 3.14. The summed E-state index contributed by atoms with van der Waals surface area (Å²) in [5.41, 5.74) is 6.13. The maximum absolute atomic E-state index is 12.8. The molecule has 2 aromatic rings. The molecule has 0 aliphatic heterocycles. The summed E-state index contributed by atoms with van der Waals surface area (Å²) in [4.78, 5) is 12.8. The molecule has 0 aliphatic rings. The van der Waals surface area contributed by atoms with Crippen LogP contribution in [0.25, 0.3) is 0 Å². The zero-order valence-corrected chi connectivity index (χ0v) is 15.3. The predicted octanol–water partition coefficient (Wildman–Crippen LogP) is 5.37. The molecular weight excluding hydrogens is 284 g/mol. The van der Waals surface area contributed by atoms with Crippen LogP contribution < -0.4 is 5.32 Å². The summed E-state index contributed by atoms with van der Waals surface area (Å²) in [6.45, 7) is 14.7. The Hall–Kier alpha value is -2.03. The zero-order valence-electron chi connectivity index (χ0n) is 15.3. The Labute approximate surface area is 139 Å². The number of benzene rings is 1. The molecule has 0 spiro atoms. The Morgan fingerprint density at radius 3 is 2.26 bits per heavy atom. The number of amides is 1. The first-order valence-electron chi connectivity index (χ1n) is 8.33. The molecule has 0 saturated carbocycles. The molecule has 1 amide bonds. The Balaban J connectivity index is 2.40. The van der Waals surface area contributed by atoms with Gasteiger partial charge in [0.05, 0.1) is 5.56 Å². The minimum Gasteiger partial charge on any atom is -0.346 e. The molecule has 3 heteroatoms. The molecule has 0 fully saturated rings. The van der Waals surface area contributed by atoms with Crippen LogP contribution in [-0.2, 0) is 0 Å². The van der Waals surface area contributed by atoms with Crippen molar-refractivity contribution in [2.45, 2.75) is 60.4 Å². The molecule has 0 unspecified atom stereocenters. The lowest BCUT2D eigenvalue weighted by Gasteiger charge is -2.17. The average molecular weight is 312 g/mol. The SMILES string of the molecule is Cc1cccc(C(C)C)c1NC(=O)c1cc(C)n(C(C)C)c1C. The molecule has 1 aromatic carbocycles. The Morgan fingerprint density at radius 1 is 1.09 bits per heavy atom. The van der Waals surface area contributed by atoms with E-state index in [1.807, 2.05) is 32.0 Å². The van der Waals surface area contributed by atoms with E-state index in [0.717, 1.165) is 28.2 Å². The highest BCUT2D eigenvalue weighted by Gasteiger charge is 2.19. The number of hydrogen-bond acceptors (Lipinski definition) is 1. The topological polar surface area (TPSA) is 34.0 Å². The van der Waals surface area contributed by atoms with Crippen molar-refractivity contribution in [3.05, 3.63) is 52.3 Å². The van der Waals surface area contributed by atoms with E-state index < -0.39 is 0 Å². The molecule has 3 nitrogen and oxygen atoms in total. The summed E-state index contributed by atoms with van der Waals surface area (Å²) < 4.78 is 2.20. The van der Waals surface area contributed by atoms with E-state index in [1.165, 1.54) is 5.56 Å². The maximum atomic E-state index is 12.8. The number of nitrogens with one attached hydrogen (secondary N) is 1. The van der Waals surface area contributed by atoms with Crippen LogP contribution in [0.4, 0.5) is 5.69 Å². The summed E-state index contributed by atoms with van der Waals surface area (Å²) in [6.07, 6.45) is 0. The van der Waals surface area contributed by atoms with Crippen LogP contribution in [-0.4, -0.2) is 10.5 Å². The Bertz CT molecular complexity index is 723. The third-order valence-corrected chi connectivity index (χ3v) is 4.41. The quantitative estimate of drug-likeness (QED) is 0.809. The van der Waals surface area contributed by atoms with Crippen molar-refractivity contribution in [1.82, 2.24) is 4.57 Å². The lowest BCUT2D eigenvalue weighted by Crippen LogP contribution is -2.16. The van der Waals surface area contributed by atoms with Crippen LogP contribution in [0.3, 0.4) is 0 Å². The van der Waals surface area contributed by atoms with Gasteiger partial charge in [-0.3, -0.25) is 4.79 Å². The molecule has 0 saturated heterocycles. The first-order valence-corrected chi connectivity index (χ1v) is 8.33. The van der Waals surface area contributed by atoms with E-state index in [4.69, 9.17) is 0 Å². The fourth-order valence-electron chi connectivity index (χ4n) is 3.32. The molecule has 0 bridgehead atoms. The third kappa shape index (κ3) is 3.34. The van der Waals surface area contributed by atoms with Gasteiger partial charge in [-0.2, -0.15) is 0 Å². The summed E-state index contributed by atoms with van der Waals surface area (Å²) >= 11 is 0. The van der Waals surface area contributed by atoms with Crippen LogP contribution in [0, 0.1) is 20.8 Å². The van der Waals surface area contributed by atoms with E-state index >= 15 is 0 Å². The number of carbonyl (C=O) groups is 1. The molecule has 2 rings (SSSR count). The van der Waals surface area contributed by atoms with Gasteiger partial charge in [-0.25, -0.2) is 0 Å². The number of anilines is 1. The molecule has 0 atom stereocenters. The van der Waals surface area contributed by atoms with E-state index in [-0.39, 0.29) is 5.91 Å². The zero-order chi connectivity index (χ0) is 17.3. The van der Waals surface area contributed by atoms with Crippen LogP contribution in [0.15, 0.2) is 24.3 Å². The van der Waals surface area contributed by atoms with Crippen molar-refractivity contribution >= 4 is 11.6 Å². The van der Waals surface area contributed by atoms with E-state index in [0.29, 0.717) is 12.0 Å². The molecule has 23 heavy (non-hydrogen) atoms. The highest BCUT2D eigenvalue weighted by atomic mass is 16.1. The normalized spacial score (nSPS) is 11.3. The fraction of sp³-hybridized carbons (Fsp3) is 0.450. The van der Waals surface area contributed by atoms with Crippen LogP contribution in [0.1, 0.15) is 72.5 Å². The summed E-state index contributed by atoms with van der Waals surface area (Å²) in [5.74, 6) is 0.342. The van der Waals surface area contributed by atoms with Crippen molar-refractivity contribution in [3.63, 3.8) is 0 Å². The third-order valence-electron chi connectivity index (χ3n) is 4.41. The largest absolute Gasteiger partial charge is 0.346 e. The highest BCUT2D eigenvalue weighted by molar-refractivity contribution is 6.06. The first-order chi connectivity index (χ1) is 10.7. The van der Waals surface area contributed by atoms with Crippen molar-refractivity contribution in [3.8, 4) is 0 Å². The second-order valence-corrected chi connectivity index (χ2v) is 6.90.